The van der Waals surface area contributed by atoms with Crippen molar-refractivity contribution in [3.05, 3.63) is 23.5 Å². The fourth-order valence-electron chi connectivity index (χ4n) is 4.20. The number of carbonyl (C=O) groups excluding carboxylic acids is 3. The second-order valence-corrected chi connectivity index (χ2v) is 8.02. The number of hydrogen-bond donors (Lipinski definition) is 3. The molecular weight excluding hydrogens is 358 g/mol. The zero-order valence-electron chi connectivity index (χ0n) is 15.7. The van der Waals surface area contributed by atoms with E-state index in [0.29, 0.717) is 50.4 Å². The van der Waals surface area contributed by atoms with Crippen molar-refractivity contribution in [1.82, 2.24) is 20.5 Å². The molecule has 2 fully saturated rings. The van der Waals surface area contributed by atoms with Crippen molar-refractivity contribution in [2.24, 2.45) is 11.8 Å². The fraction of sp³-hybridized carbons (Fsp3) is 0.600. The Bertz CT molecular complexity index is 822. The van der Waals surface area contributed by atoms with Crippen molar-refractivity contribution < 1.29 is 14.4 Å². The van der Waals surface area contributed by atoms with Crippen molar-refractivity contribution in [2.75, 3.05) is 13.1 Å². The van der Waals surface area contributed by atoms with E-state index in [1.54, 1.807) is 11.1 Å². The van der Waals surface area contributed by atoms with Crippen LogP contribution in [0.3, 0.4) is 0 Å². The smallest absolute Gasteiger partial charge is 0.271 e. The third kappa shape index (κ3) is 3.75. The average Bonchev–Trinajstić information content (AvgIpc) is 3.21. The molecule has 3 atom stereocenters. The predicted octanol–water partition coefficient (Wildman–Crippen LogP) is 0.716. The third-order valence-corrected chi connectivity index (χ3v) is 6.02. The van der Waals surface area contributed by atoms with Crippen LogP contribution < -0.4 is 10.6 Å². The van der Waals surface area contributed by atoms with Crippen LogP contribution in [0.2, 0.25) is 0 Å². The lowest BCUT2D eigenvalue weighted by Gasteiger charge is -2.34. The Labute approximate surface area is 163 Å². The minimum atomic E-state index is -0.732. The molecule has 1 aromatic heterocycles. The lowest BCUT2D eigenvalue weighted by molar-refractivity contribution is -0.127. The molecule has 1 unspecified atom stereocenters. The minimum Gasteiger partial charge on any atom is -0.357 e. The Morgan fingerprint density at radius 2 is 2.14 bits per heavy atom. The highest BCUT2D eigenvalue weighted by molar-refractivity contribution is 5.98. The molecule has 0 radical (unpaired) electrons. The van der Waals surface area contributed by atoms with Crippen LogP contribution in [-0.4, -0.2) is 52.8 Å². The van der Waals surface area contributed by atoms with Gasteiger partial charge in [0.2, 0.25) is 11.8 Å². The Balaban J connectivity index is 1.46. The molecule has 8 nitrogen and oxygen atoms in total. The summed E-state index contributed by atoms with van der Waals surface area (Å²) < 4.78 is 0. The Morgan fingerprint density at radius 3 is 2.82 bits per heavy atom. The molecule has 0 bridgehead atoms. The van der Waals surface area contributed by atoms with E-state index < -0.39 is 12.1 Å². The molecule has 1 aromatic rings. The van der Waals surface area contributed by atoms with Gasteiger partial charge in [-0.3, -0.25) is 14.4 Å². The van der Waals surface area contributed by atoms with E-state index in [2.05, 4.69) is 21.7 Å². The Hall–Kier alpha value is -2.82. The highest BCUT2D eigenvalue weighted by atomic mass is 16.2. The van der Waals surface area contributed by atoms with E-state index in [0.717, 1.165) is 18.4 Å². The summed E-state index contributed by atoms with van der Waals surface area (Å²) in [6, 6.07) is 2.70. The molecule has 148 valence electrons. The van der Waals surface area contributed by atoms with Gasteiger partial charge < -0.3 is 20.5 Å². The van der Waals surface area contributed by atoms with Crippen LogP contribution in [0.25, 0.3) is 0 Å². The number of hydrogen-bond acceptors (Lipinski definition) is 4. The first-order valence-electron chi connectivity index (χ1n) is 10.0. The summed E-state index contributed by atoms with van der Waals surface area (Å²) in [7, 11) is 0. The number of fused-ring (bicyclic) bond motifs is 1. The summed E-state index contributed by atoms with van der Waals surface area (Å²) in [6.45, 7) is 1.11. The quantitative estimate of drug-likeness (QED) is 0.643. The van der Waals surface area contributed by atoms with Gasteiger partial charge >= 0.3 is 0 Å². The Kier molecular flexibility index (Phi) is 5.07. The van der Waals surface area contributed by atoms with E-state index in [1.165, 1.54) is 0 Å². The molecule has 8 heteroatoms. The monoisotopic (exact) mass is 383 g/mol. The van der Waals surface area contributed by atoms with Gasteiger partial charge in [0, 0.05) is 25.2 Å². The first-order chi connectivity index (χ1) is 13.6. The highest BCUT2D eigenvalue weighted by Gasteiger charge is 2.39. The van der Waals surface area contributed by atoms with Crippen LogP contribution in [0.15, 0.2) is 12.3 Å². The molecular formula is C20H25N5O3. The number of aromatic amines is 1. The molecule has 0 spiro atoms. The maximum atomic E-state index is 13.1. The third-order valence-electron chi connectivity index (χ3n) is 6.02. The summed E-state index contributed by atoms with van der Waals surface area (Å²) in [6.07, 6.45) is 6.21. The van der Waals surface area contributed by atoms with E-state index in [-0.39, 0.29) is 23.6 Å². The van der Waals surface area contributed by atoms with E-state index in [4.69, 9.17) is 0 Å². The van der Waals surface area contributed by atoms with Gasteiger partial charge in [-0.1, -0.05) is 12.8 Å². The molecule has 1 aliphatic carbocycles. The SMILES string of the molecule is N#C[C@H](C[C@@H]1CCNC1=O)NC(=O)C(CC1CC1)N1CCc2cc[nH]c2C1=O. The first-order valence-corrected chi connectivity index (χ1v) is 10.0. The van der Waals surface area contributed by atoms with Gasteiger partial charge in [-0.25, -0.2) is 0 Å². The maximum Gasteiger partial charge on any atom is 0.271 e. The molecule has 4 rings (SSSR count). The van der Waals surface area contributed by atoms with Gasteiger partial charge in [-0.05, 0) is 43.2 Å². The van der Waals surface area contributed by atoms with Crippen LogP contribution in [0.4, 0.5) is 0 Å². The summed E-state index contributed by atoms with van der Waals surface area (Å²) in [5.41, 5.74) is 1.54. The summed E-state index contributed by atoms with van der Waals surface area (Å²) in [5, 5.41) is 15.0. The largest absolute Gasteiger partial charge is 0.357 e. The van der Waals surface area contributed by atoms with Gasteiger partial charge in [0.25, 0.3) is 5.91 Å². The topological polar surface area (TPSA) is 118 Å². The summed E-state index contributed by atoms with van der Waals surface area (Å²) >= 11 is 0. The number of nitriles is 1. The number of amides is 3. The van der Waals surface area contributed by atoms with Crippen molar-refractivity contribution in [3.8, 4) is 6.07 Å². The molecule has 3 heterocycles. The number of nitrogens with zero attached hydrogens (tertiary/aromatic N) is 2. The van der Waals surface area contributed by atoms with Gasteiger partial charge in [0.05, 0.1) is 6.07 Å². The summed E-state index contributed by atoms with van der Waals surface area (Å²) in [4.78, 5) is 42.4. The zero-order chi connectivity index (χ0) is 19.7. The molecule has 3 N–H and O–H groups in total. The van der Waals surface area contributed by atoms with Gasteiger partial charge in [0.15, 0.2) is 0 Å². The number of nitrogens with one attached hydrogen (secondary N) is 3. The van der Waals surface area contributed by atoms with Crippen molar-refractivity contribution in [3.63, 3.8) is 0 Å². The molecule has 1 saturated carbocycles. The zero-order valence-corrected chi connectivity index (χ0v) is 15.7. The summed E-state index contributed by atoms with van der Waals surface area (Å²) in [5.74, 6) is -0.301. The normalized spacial score (nSPS) is 23.5. The number of aromatic nitrogens is 1. The maximum absolute atomic E-state index is 13.1. The van der Waals surface area contributed by atoms with Crippen molar-refractivity contribution >= 4 is 17.7 Å². The van der Waals surface area contributed by atoms with E-state index in [9.17, 15) is 19.6 Å². The van der Waals surface area contributed by atoms with E-state index >= 15 is 0 Å². The highest BCUT2D eigenvalue weighted by Crippen LogP contribution is 2.35. The Morgan fingerprint density at radius 1 is 1.32 bits per heavy atom. The van der Waals surface area contributed by atoms with Crippen molar-refractivity contribution in [2.45, 2.75) is 50.6 Å². The van der Waals surface area contributed by atoms with E-state index in [1.807, 2.05) is 6.07 Å². The second-order valence-electron chi connectivity index (χ2n) is 8.02. The fourth-order valence-corrected chi connectivity index (χ4v) is 4.20. The predicted molar refractivity (Wildman–Crippen MR) is 99.9 cm³/mol. The van der Waals surface area contributed by atoms with Crippen LogP contribution >= 0.6 is 0 Å². The van der Waals surface area contributed by atoms with Gasteiger partial charge in [-0.15, -0.1) is 0 Å². The van der Waals surface area contributed by atoms with Crippen LogP contribution in [0.5, 0.6) is 0 Å². The minimum absolute atomic E-state index is 0.0606. The lowest BCUT2D eigenvalue weighted by Crippen LogP contribution is -2.54. The molecule has 2 aliphatic heterocycles. The van der Waals surface area contributed by atoms with Gasteiger partial charge in [0.1, 0.15) is 17.8 Å². The molecule has 3 aliphatic rings. The first kappa shape index (κ1) is 18.5. The molecule has 0 aromatic carbocycles. The van der Waals surface area contributed by atoms with Gasteiger partial charge in [-0.2, -0.15) is 5.26 Å². The lowest BCUT2D eigenvalue weighted by atomic mass is 9.97. The number of H-pyrrole nitrogens is 1. The second kappa shape index (κ2) is 7.66. The number of rotatable bonds is 7. The van der Waals surface area contributed by atoms with Crippen molar-refractivity contribution in [1.29, 1.82) is 5.26 Å². The average molecular weight is 383 g/mol. The number of carbonyl (C=O) groups is 3. The van der Waals surface area contributed by atoms with Crippen LogP contribution in [0, 0.1) is 23.2 Å². The molecule has 28 heavy (non-hydrogen) atoms. The van der Waals surface area contributed by atoms with Crippen LogP contribution in [-0.2, 0) is 16.0 Å². The molecule has 3 amide bonds. The van der Waals surface area contributed by atoms with Crippen LogP contribution in [0.1, 0.15) is 48.2 Å². The standard InChI is InChI=1S/C20H25N5O3/c21-11-15(10-14-4-7-23-18(14)26)24-19(27)16(9-12-1-2-12)25-8-5-13-3-6-22-17(13)20(25)28/h3,6,12,14-16,22H,1-2,4-5,7-10H2,(H,23,26)(H,24,27)/t14-,15-,16?/m0/s1. The molecule has 1 saturated heterocycles.